The van der Waals surface area contributed by atoms with Crippen molar-refractivity contribution >= 4 is 0 Å². The fraction of sp³-hybridized carbons (Fsp3) is 0.286. The average molecular weight is 257 g/mol. The molecule has 5 heteroatoms. The van der Waals surface area contributed by atoms with Crippen molar-refractivity contribution in [3.63, 3.8) is 0 Å². The summed E-state index contributed by atoms with van der Waals surface area (Å²) in [5, 5.41) is 8.59. The average Bonchev–Trinajstić information content (AvgIpc) is 2.87. The van der Waals surface area contributed by atoms with Gasteiger partial charge in [0.25, 0.3) is 0 Å². The molecule has 0 saturated carbocycles. The van der Waals surface area contributed by atoms with Crippen molar-refractivity contribution in [3.8, 4) is 23.1 Å². The molecule has 0 aliphatic rings. The molecule has 0 bridgehead atoms. The van der Waals surface area contributed by atoms with Gasteiger partial charge >= 0.3 is 0 Å². The summed E-state index contributed by atoms with van der Waals surface area (Å²) in [6, 6.07) is 9.67. The highest BCUT2D eigenvalue weighted by atomic mass is 16.5. The SMILES string of the molecule is COc1ccc(-c2cnc(CN(C)CC#N)o2)cc1. The highest BCUT2D eigenvalue weighted by Gasteiger charge is 2.08. The van der Waals surface area contributed by atoms with Crippen LogP contribution in [0.1, 0.15) is 5.89 Å². The van der Waals surface area contributed by atoms with E-state index in [1.54, 1.807) is 13.3 Å². The Bertz CT molecular complexity index is 569. The van der Waals surface area contributed by atoms with Crippen LogP contribution in [0.2, 0.25) is 0 Å². The molecular weight excluding hydrogens is 242 g/mol. The Hall–Kier alpha value is -2.32. The van der Waals surface area contributed by atoms with Crippen molar-refractivity contribution in [2.75, 3.05) is 20.7 Å². The Labute approximate surface area is 112 Å². The summed E-state index contributed by atoms with van der Waals surface area (Å²) in [6.07, 6.45) is 1.69. The highest BCUT2D eigenvalue weighted by molar-refractivity contribution is 5.57. The summed E-state index contributed by atoms with van der Waals surface area (Å²) in [5.74, 6) is 2.11. The molecule has 19 heavy (non-hydrogen) atoms. The Morgan fingerprint density at radius 1 is 1.37 bits per heavy atom. The van der Waals surface area contributed by atoms with Gasteiger partial charge < -0.3 is 9.15 Å². The van der Waals surface area contributed by atoms with Gasteiger partial charge in [-0.1, -0.05) is 0 Å². The second kappa shape index (κ2) is 6.03. The third-order valence-electron chi connectivity index (χ3n) is 2.67. The van der Waals surface area contributed by atoms with Crippen LogP contribution in [0.15, 0.2) is 34.9 Å². The molecule has 98 valence electrons. The van der Waals surface area contributed by atoms with Gasteiger partial charge in [0, 0.05) is 5.56 Å². The predicted molar refractivity (Wildman–Crippen MR) is 70.4 cm³/mol. The number of ether oxygens (including phenoxy) is 1. The molecule has 0 aliphatic carbocycles. The van der Waals surface area contributed by atoms with Crippen LogP contribution >= 0.6 is 0 Å². The number of aromatic nitrogens is 1. The minimum atomic E-state index is 0.347. The van der Waals surface area contributed by atoms with Crippen molar-refractivity contribution in [1.29, 1.82) is 5.26 Å². The molecule has 0 unspecified atom stereocenters. The van der Waals surface area contributed by atoms with Gasteiger partial charge in [-0.25, -0.2) is 4.98 Å². The van der Waals surface area contributed by atoms with E-state index in [1.807, 2.05) is 36.2 Å². The molecule has 0 atom stereocenters. The van der Waals surface area contributed by atoms with E-state index in [2.05, 4.69) is 11.1 Å². The molecule has 2 aromatic rings. The number of hydrogen-bond acceptors (Lipinski definition) is 5. The molecule has 5 nitrogen and oxygen atoms in total. The number of rotatable bonds is 5. The number of benzene rings is 1. The fourth-order valence-electron chi connectivity index (χ4n) is 1.68. The van der Waals surface area contributed by atoms with Crippen LogP contribution in [0.25, 0.3) is 11.3 Å². The number of nitriles is 1. The second-order valence-electron chi connectivity index (χ2n) is 4.18. The van der Waals surface area contributed by atoms with Gasteiger partial charge in [-0.3, -0.25) is 4.90 Å². The lowest BCUT2D eigenvalue weighted by atomic mass is 10.2. The first-order chi connectivity index (χ1) is 9.22. The maximum absolute atomic E-state index is 8.59. The predicted octanol–water partition coefficient (Wildman–Crippen LogP) is 2.31. The lowest BCUT2D eigenvalue weighted by molar-refractivity contribution is 0.320. The molecule has 0 amide bonds. The summed E-state index contributed by atoms with van der Waals surface area (Å²) in [5.41, 5.74) is 0.947. The van der Waals surface area contributed by atoms with Gasteiger partial charge in [0.1, 0.15) is 5.75 Å². The standard InChI is InChI=1S/C14H15N3O2/c1-17(8-7-15)10-14-16-9-13(19-14)11-3-5-12(18-2)6-4-11/h3-6,9H,8,10H2,1-2H3. The third kappa shape index (κ3) is 3.33. The minimum Gasteiger partial charge on any atom is -0.497 e. The highest BCUT2D eigenvalue weighted by Crippen LogP contribution is 2.23. The molecule has 1 aromatic carbocycles. The first-order valence-corrected chi connectivity index (χ1v) is 5.87. The lowest BCUT2D eigenvalue weighted by Gasteiger charge is -2.08. The van der Waals surface area contributed by atoms with Crippen molar-refractivity contribution in [1.82, 2.24) is 9.88 Å². The van der Waals surface area contributed by atoms with Crippen LogP contribution in [-0.4, -0.2) is 30.6 Å². The minimum absolute atomic E-state index is 0.347. The number of hydrogen-bond donors (Lipinski definition) is 0. The monoisotopic (exact) mass is 257 g/mol. The zero-order valence-electron chi connectivity index (χ0n) is 11.0. The van der Waals surface area contributed by atoms with Gasteiger partial charge in [0.15, 0.2) is 5.76 Å². The van der Waals surface area contributed by atoms with Gasteiger partial charge in [0.2, 0.25) is 5.89 Å². The van der Waals surface area contributed by atoms with Crippen LogP contribution in [0.3, 0.4) is 0 Å². The fourth-order valence-corrected chi connectivity index (χ4v) is 1.68. The van der Waals surface area contributed by atoms with Crippen LogP contribution < -0.4 is 4.74 Å². The van der Waals surface area contributed by atoms with Crippen molar-refractivity contribution < 1.29 is 9.15 Å². The molecule has 0 fully saturated rings. The molecule has 1 heterocycles. The van der Waals surface area contributed by atoms with E-state index < -0.39 is 0 Å². The quantitative estimate of drug-likeness (QED) is 0.769. The Balaban J connectivity index is 2.09. The molecule has 2 rings (SSSR count). The summed E-state index contributed by atoms with van der Waals surface area (Å²) in [7, 11) is 3.48. The Kier molecular flexibility index (Phi) is 4.16. The summed E-state index contributed by atoms with van der Waals surface area (Å²) >= 11 is 0. The molecule has 0 radical (unpaired) electrons. The number of methoxy groups -OCH3 is 1. The molecule has 0 N–H and O–H groups in total. The van der Waals surface area contributed by atoms with E-state index in [-0.39, 0.29) is 0 Å². The van der Waals surface area contributed by atoms with E-state index >= 15 is 0 Å². The van der Waals surface area contributed by atoms with Crippen LogP contribution in [0, 0.1) is 11.3 Å². The third-order valence-corrected chi connectivity index (χ3v) is 2.67. The van der Waals surface area contributed by atoms with E-state index in [1.165, 1.54) is 0 Å². The zero-order valence-corrected chi connectivity index (χ0v) is 11.0. The van der Waals surface area contributed by atoms with Crippen LogP contribution in [-0.2, 0) is 6.54 Å². The molecule has 0 saturated heterocycles. The summed E-state index contributed by atoms with van der Waals surface area (Å²) in [4.78, 5) is 6.05. The van der Waals surface area contributed by atoms with Crippen LogP contribution in [0.4, 0.5) is 0 Å². The van der Waals surface area contributed by atoms with E-state index in [9.17, 15) is 0 Å². The smallest absolute Gasteiger partial charge is 0.209 e. The molecular formula is C14H15N3O2. The van der Waals surface area contributed by atoms with Crippen molar-refractivity contribution in [2.24, 2.45) is 0 Å². The second-order valence-corrected chi connectivity index (χ2v) is 4.18. The normalized spacial score (nSPS) is 10.4. The number of nitrogens with zero attached hydrogens (tertiary/aromatic N) is 3. The van der Waals surface area contributed by atoms with Crippen molar-refractivity contribution in [2.45, 2.75) is 6.54 Å². The Morgan fingerprint density at radius 3 is 2.74 bits per heavy atom. The first kappa shape index (κ1) is 13.1. The van der Waals surface area contributed by atoms with Crippen LogP contribution in [0.5, 0.6) is 5.75 Å². The zero-order chi connectivity index (χ0) is 13.7. The van der Waals surface area contributed by atoms with Crippen molar-refractivity contribution in [3.05, 3.63) is 36.4 Å². The number of oxazole rings is 1. The molecule has 0 spiro atoms. The lowest BCUT2D eigenvalue weighted by Crippen LogP contribution is -2.17. The van der Waals surface area contributed by atoms with E-state index in [0.29, 0.717) is 24.7 Å². The largest absolute Gasteiger partial charge is 0.497 e. The molecule has 0 aliphatic heterocycles. The van der Waals surface area contributed by atoms with Gasteiger partial charge in [-0.15, -0.1) is 0 Å². The van der Waals surface area contributed by atoms with Gasteiger partial charge in [-0.2, -0.15) is 5.26 Å². The van der Waals surface area contributed by atoms with Gasteiger partial charge in [-0.05, 0) is 31.3 Å². The summed E-state index contributed by atoms with van der Waals surface area (Å²) in [6.45, 7) is 0.865. The van der Waals surface area contributed by atoms with E-state index in [0.717, 1.165) is 11.3 Å². The van der Waals surface area contributed by atoms with Gasteiger partial charge in [0.05, 0.1) is 32.5 Å². The van der Waals surface area contributed by atoms with E-state index in [4.69, 9.17) is 14.4 Å². The Morgan fingerprint density at radius 2 is 2.11 bits per heavy atom. The topological polar surface area (TPSA) is 62.3 Å². The maximum Gasteiger partial charge on any atom is 0.209 e. The summed E-state index contributed by atoms with van der Waals surface area (Å²) < 4.78 is 10.8. The maximum atomic E-state index is 8.59. The first-order valence-electron chi connectivity index (χ1n) is 5.87. The molecule has 1 aromatic heterocycles.